The fourth-order valence-corrected chi connectivity index (χ4v) is 1.25. The van der Waals surface area contributed by atoms with Gasteiger partial charge in [-0.15, -0.1) is 0 Å². The molecule has 1 aromatic rings. The number of pyridine rings is 1. The minimum atomic E-state index is -0.105. The summed E-state index contributed by atoms with van der Waals surface area (Å²) in [6.07, 6.45) is 2.64. The van der Waals surface area contributed by atoms with Crippen molar-refractivity contribution >= 4 is 23.2 Å². The number of hydrogen-bond donors (Lipinski definition) is 2. The van der Waals surface area contributed by atoms with Crippen LogP contribution in [0.15, 0.2) is 18.3 Å². The van der Waals surface area contributed by atoms with Crippen LogP contribution in [0.5, 0.6) is 0 Å². The lowest BCUT2D eigenvalue weighted by Crippen LogP contribution is -2.26. The van der Waals surface area contributed by atoms with Crippen molar-refractivity contribution in [3.05, 3.63) is 23.5 Å². The number of nitrogens with zero attached hydrogens (tertiary/aromatic N) is 1. The van der Waals surface area contributed by atoms with Gasteiger partial charge in [0.2, 0.25) is 5.91 Å². The molecular weight excluding hydrogens is 214 g/mol. The van der Waals surface area contributed by atoms with Crippen LogP contribution in [0.3, 0.4) is 0 Å². The summed E-state index contributed by atoms with van der Waals surface area (Å²) < 4.78 is 0. The smallest absolute Gasteiger partial charge is 0.225 e. The molecule has 1 rings (SSSR count). The van der Waals surface area contributed by atoms with Gasteiger partial charge in [0.15, 0.2) is 0 Å². The summed E-state index contributed by atoms with van der Waals surface area (Å²) in [7, 11) is 0. The van der Waals surface area contributed by atoms with Crippen LogP contribution in [0, 0.1) is 0 Å². The second kappa shape index (κ2) is 5.68. The molecule has 15 heavy (non-hydrogen) atoms. The van der Waals surface area contributed by atoms with E-state index in [4.69, 9.17) is 17.3 Å². The van der Waals surface area contributed by atoms with E-state index in [2.05, 4.69) is 10.3 Å². The Morgan fingerprint density at radius 1 is 1.73 bits per heavy atom. The Balaban J connectivity index is 2.51. The van der Waals surface area contributed by atoms with Crippen molar-refractivity contribution in [1.29, 1.82) is 0 Å². The molecule has 1 atom stereocenters. The van der Waals surface area contributed by atoms with Gasteiger partial charge in [-0.3, -0.25) is 4.79 Å². The number of nitrogens with one attached hydrogen (secondary N) is 1. The van der Waals surface area contributed by atoms with E-state index in [1.807, 2.05) is 6.92 Å². The largest absolute Gasteiger partial charge is 0.327 e. The topological polar surface area (TPSA) is 68.0 Å². The molecule has 4 nitrogen and oxygen atoms in total. The molecule has 1 heterocycles. The summed E-state index contributed by atoms with van der Waals surface area (Å²) >= 11 is 5.67. The van der Waals surface area contributed by atoms with Gasteiger partial charge < -0.3 is 11.1 Å². The van der Waals surface area contributed by atoms with Crippen molar-refractivity contribution in [2.24, 2.45) is 5.73 Å². The molecule has 0 aliphatic rings. The lowest BCUT2D eigenvalue weighted by Gasteiger charge is -2.09. The first-order valence-corrected chi connectivity index (χ1v) is 5.16. The Bertz CT molecular complexity index is 343. The summed E-state index contributed by atoms with van der Waals surface area (Å²) in [5.41, 5.74) is 6.30. The predicted molar refractivity (Wildman–Crippen MR) is 60.8 cm³/mol. The molecular formula is C10H14ClN3O. The summed E-state index contributed by atoms with van der Waals surface area (Å²) in [5.74, 6) is -0.105. The van der Waals surface area contributed by atoms with Crippen molar-refractivity contribution < 1.29 is 4.79 Å². The van der Waals surface area contributed by atoms with E-state index in [-0.39, 0.29) is 11.9 Å². The zero-order valence-corrected chi connectivity index (χ0v) is 9.29. The van der Waals surface area contributed by atoms with Gasteiger partial charge in [-0.05, 0) is 18.6 Å². The van der Waals surface area contributed by atoms with Gasteiger partial charge in [0.25, 0.3) is 0 Å². The van der Waals surface area contributed by atoms with Crippen molar-refractivity contribution in [1.82, 2.24) is 4.98 Å². The number of amides is 1. The molecule has 1 aromatic heterocycles. The van der Waals surface area contributed by atoms with Gasteiger partial charge in [0.05, 0.1) is 0 Å². The highest BCUT2D eigenvalue weighted by Gasteiger charge is 2.07. The van der Waals surface area contributed by atoms with Crippen LogP contribution in [0.25, 0.3) is 0 Å². The van der Waals surface area contributed by atoms with Crippen LogP contribution in [0.1, 0.15) is 19.8 Å². The van der Waals surface area contributed by atoms with E-state index < -0.39 is 0 Å². The number of carbonyl (C=O) groups excluding carboxylic acids is 1. The first-order chi connectivity index (χ1) is 7.11. The number of carbonyl (C=O) groups is 1. The number of halogens is 1. The monoisotopic (exact) mass is 227 g/mol. The number of nitrogens with two attached hydrogens (primary N) is 1. The van der Waals surface area contributed by atoms with E-state index in [1.165, 1.54) is 6.20 Å². The lowest BCUT2D eigenvalue weighted by atomic mass is 10.1. The van der Waals surface area contributed by atoms with Gasteiger partial charge in [0, 0.05) is 24.3 Å². The summed E-state index contributed by atoms with van der Waals surface area (Å²) in [6.45, 7) is 1.95. The van der Waals surface area contributed by atoms with Gasteiger partial charge in [-0.25, -0.2) is 4.98 Å². The van der Waals surface area contributed by atoms with Crippen molar-refractivity contribution in [3.63, 3.8) is 0 Å². The fourth-order valence-electron chi connectivity index (χ4n) is 1.07. The second-order valence-corrected chi connectivity index (χ2v) is 3.68. The first-order valence-electron chi connectivity index (χ1n) is 4.78. The maximum absolute atomic E-state index is 11.4. The number of anilines is 1. The maximum Gasteiger partial charge on any atom is 0.225 e. The highest BCUT2D eigenvalue weighted by atomic mass is 35.5. The number of aromatic nitrogens is 1. The van der Waals surface area contributed by atoms with Crippen molar-refractivity contribution in [2.45, 2.75) is 25.8 Å². The van der Waals surface area contributed by atoms with Crippen LogP contribution in [0.2, 0.25) is 5.15 Å². The third-order valence-electron chi connectivity index (χ3n) is 1.98. The minimum Gasteiger partial charge on any atom is -0.327 e. The Labute approximate surface area is 93.8 Å². The highest BCUT2D eigenvalue weighted by Crippen LogP contribution is 2.12. The molecule has 0 aliphatic heterocycles. The molecule has 0 radical (unpaired) electrons. The van der Waals surface area contributed by atoms with Gasteiger partial charge in [0.1, 0.15) is 5.15 Å². The first kappa shape index (κ1) is 11.9. The predicted octanol–water partition coefficient (Wildman–Crippen LogP) is 1.80. The summed E-state index contributed by atoms with van der Waals surface area (Å²) in [6, 6.07) is 3.18. The molecule has 5 heteroatoms. The molecule has 82 valence electrons. The van der Waals surface area contributed by atoms with E-state index in [9.17, 15) is 4.79 Å². The standard InChI is InChI=1S/C10H14ClN3O/c1-2-7(12)5-10(15)14-8-3-4-13-9(11)6-8/h3-4,6-7H,2,5,12H2,1H3,(H,13,14,15). The Kier molecular flexibility index (Phi) is 4.52. The van der Waals surface area contributed by atoms with Crippen LogP contribution in [-0.4, -0.2) is 16.9 Å². The Morgan fingerprint density at radius 2 is 2.47 bits per heavy atom. The van der Waals surface area contributed by atoms with Crippen LogP contribution in [0.4, 0.5) is 5.69 Å². The molecule has 0 saturated carbocycles. The third kappa shape index (κ3) is 4.27. The Morgan fingerprint density at radius 3 is 3.07 bits per heavy atom. The van der Waals surface area contributed by atoms with Crippen molar-refractivity contribution in [2.75, 3.05) is 5.32 Å². The van der Waals surface area contributed by atoms with E-state index >= 15 is 0 Å². The second-order valence-electron chi connectivity index (χ2n) is 3.29. The molecule has 0 fully saturated rings. The molecule has 3 N–H and O–H groups in total. The Hall–Kier alpha value is -1.13. The quantitative estimate of drug-likeness (QED) is 0.771. The van der Waals surface area contributed by atoms with Crippen LogP contribution >= 0.6 is 11.6 Å². The number of hydrogen-bond acceptors (Lipinski definition) is 3. The molecule has 0 aromatic carbocycles. The summed E-state index contributed by atoms with van der Waals surface area (Å²) in [5, 5.41) is 3.06. The lowest BCUT2D eigenvalue weighted by molar-refractivity contribution is -0.116. The van der Waals surface area contributed by atoms with Gasteiger partial charge in [-0.1, -0.05) is 18.5 Å². The SMILES string of the molecule is CCC(N)CC(=O)Nc1ccnc(Cl)c1. The molecule has 0 aliphatic carbocycles. The zero-order valence-electron chi connectivity index (χ0n) is 8.53. The van der Waals surface area contributed by atoms with Gasteiger partial charge in [-0.2, -0.15) is 0 Å². The normalized spacial score (nSPS) is 12.2. The zero-order chi connectivity index (χ0) is 11.3. The third-order valence-corrected chi connectivity index (χ3v) is 2.19. The van der Waals surface area contributed by atoms with E-state index in [1.54, 1.807) is 12.1 Å². The molecule has 1 amide bonds. The number of rotatable bonds is 4. The van der Waals surface area contributed by atoms with Gasteiger partial charge >= 0.3 is 0 Å². The van der Waals surface area contributed by atoms with E-state index in [0.29, 0.717) is 17.3 Å². The van der Waals surface area contributed by atoms with Crippen molar-refractivity contribution in [3.8, 4) is 0 Å². The average Bonchev–Trinajstić information content (AvgIpc) is 2.17. The fraction of sp³-hybridized carbons (Fsp3) is 0.400. The van der Waals surface area contributed by atoms with Crippen LogP contribution in [-0.2, 0) is 4.79 Å². The highest BCUT2D eigenvalue weighted by molar-refractivity contribution is 6.29. The van der Waals surface area contributed by atoms with E-state index in [0.717, 1.165) is 6.42 Å². The minimum absolute atomic E-state index is 0.0951. The molecule has 0 saturated heterocycles. The maximum atomic E-state index is 11.4. The molecule has 0 bridgehead atoms. The average molecular weight is 228 g/mol. The molecule has 1 unspecified atom stereocenters. The molecule has 0 spiro atoms. The summed E-state index contributed by atoms with van der Waals surface area (Å²) in [4.78, 5) is 15.3. The van der Waals surface area contributed by atoms with Crippen LogP contribution < -0.4 is 11.1 Å².